The molecule has 1 atom stereocenters. The van der Waals surface area contributed by atoms with Crippen molar-refractivity contribution < 1.29 is 14.6 Å². The summed E-state index contributed by atoms with van der Waals surface area (Å²) in [6.45, 7) is 4.55. The van der Waals surface area contributed by atoms with E-state index in [1.165, 1.54) is 5.54 Å². The first-order valence-electron chi connectivity index (χ1n) is 4.93. The average molecular weight is 234 g/mol. The molecule has 1 saturated heterocycles. The Balaban J connectivity index is 2.53. The van der Waals surface area contributed by atoms with Gasteiger partial charge in [0.1, 0.15) is 0 Å². The lowest BCUT2D eigenvalue weighted by molar-refractivity contribution is -0.140. The van der Waals surface area contributed by atoms with Gasteiger partial charge in [-0.05, 0) is 12.5 Å². The number of carboxylic acid groups (broad SMARTS) is 1. The summed E-state index contributed by atoms with van der Waals surface area (Å²) in [4.78, 5) is 12.7. The predicted octanol–water partition coefficient (Wildman–Crippen LogP) is 1.30. The summed E-state index contributed by atoms with van der Waals surface area (Å²) in [5.41, 5.74) is 2.57. The topological polar surface area (TPSA) is 49.8 Å². The van der Waals surface area contributed by atoms with Crippen molar-refractivity contribution in [1.82, 2.24) is 4.90 Å². The first-order valence-corrected chi connectivity index (χ1v) is 5.36. The van der Waals surface area contributed by atoms with Crippen LogP contribution >= 0.6 is 11.6 Å². The molecule has 0 amide bonds. The molecule has 1 aliphatic rings. The van der Waals surface area contributed by atoms with Crippen molar-refractivity contribution >= 4 is 17.6 Å². The first kappa shape index (κ1) is 12.5. The van der Waals surface area contributed by atoms with E-state index in [4.69, 9.17) is 21.4 Å². The minimum atomic E-state index is -0.789. The molecule has 0 spiro atoms. The molecule has 1 N–H and O–H groups in total. The molecule has 0 radical (unpaired) electrons. The van der Waals surface area contributed by atoms with Gasteiger partial charge in [-0.25, -0.2) is 0 Å². The van der Waals surface area contributed by atoms with Gasteiger partial charge in [-0.2, -0.15) is 0 Å². The van der Waals surface area contributed by atoms with Crippen LogP contribution in [0, 0.1) is 0 Å². The lowest BCUT2D eigenvalue weighted by Crippen LogP contribution is -2.47. The smallest absolute Gasteiger partial charge is 0.305 e. The molecular formula is C10H16ClNO3. The molecular weight excluding hydrogens is 218 g/mol. The number of morpholine rings is 1. The summed E-state index contributed by atoms with van der Waals surface area (Å²) in [5, 5.41) is 8.75. The molecule has 1 unspecified atom stereocenters. The van der Waals surface area contributed by atoms with Crippen molar-refractivity contribution in [2.75, 3.05) is 26.3 Å². The van der Waals surface area contributed by atoms with Gasteiger partial charge >= 0.3 is 5.97 Å². The molecule has 1 aliphatic heterocycles. The minimum absolute atomic E-state index is 0.0391. The molecule has 0 bridgehead atoms. The molecule has 5 heteroatoms. The molecule has 1 rings (SSSR count). The number of nitrogens with zero attached hydrogens (tertiary/aromatic N) is 1. The highest BCUT2D eigenvalue weighted by atomic mass is 35.5. The minimum Gasteiger partial charge on any atom is -0.481 e. The van der Waals surface area contributed by atoms with Gasteiger partial charge in [-0.1, -0.05) is 11.6 Å². The molecule has 0 saturated carbocycles. The zero-order valence-electron chi connectivity index (χ0n) is 8.78. The van der Waals surface area contributed by atoms with Crippen LogP contribution in [-0.4, -0.2) is 48.3 Å². The van der Waals surface area contributed by atoms with E-state index in [-0.39, 0.29) is 12.5 Å². The zero-order chi connectivity index (χ0) is 11.3. The van der Waals surface area contributed by atoms with Gasteiger partial charge in [0.25, 0.3) is 0 Å². The molecule has 0 aliphatic carbocycles. The van der Waals surface area contributed by atoms with E-state index >= 15 is 0 Å². The number of carboxylic acids is 1. The number of hydrogen-bond acceptors (Lipinski definition) is 3. The second-order valence-corrected chi connectivity index (χ2v) is 3.97. The quantitative estimate of drug-likeness (QED) is 0.796. The number of ether oxygens (including phenoxy) is 1. The van der Waals surface area contributed by atoms with Crippen LogP contribution in [0.25, 0.3) is 0 Å². The van der Waals surface area contributed by atoms with Gasteiger partial charge in [0.15, 0.2) is 0 Å². The Hall–Kier alpha value is -0.580. The first-order chi connectivity index (χ1) is 7.13. The predicted molar refractivity (Wildman–Crippen MR) is 58.0 cm³/mol. The number of aliphatic carboxylic acids is 1. The normalized spacial score (nSPS) is 24.1. The largest absolute Gasteiger partial charge is 0.481 e. The fourth-order valence-corrected chi connectivity index (χ4v) is 1.71. The third kappa shape index (κ3) is 4.20. The van der Waals surface area contributed by atoms with Crippen LogP contribution in [0.1, 0.15) is 13.3 Å². The zero-order valence-corrected chi connectivity index (χ0v) is 9.54. The third-order valence-corrected chi connectivity index (χ3v) is 2.77. The lowest BCUT2D eigenvalue weighted by atomic mass is 10.1. The Morgan fingerprint density at radius 3 is 3.07 bits per heavy atom. The molecule has 86 valence electrons. The molecule has 0 aromatic carbocycles. The molecule has 0 aromatic heterocycles. The number of halogens is 1. The Bertz CT molecular complexity index is 255. The summed E-state index contributed by atoms with van der Waals surface area (Å²) >= 11 is 5.59. The molecule has 0 aromatic rings. The van der Waals surface area contributed by atoms with Gasteiger partial charge in [-0.15, -0.1) is 0 Å². The Kier molecular flexibility index (Phi) is 5.08. The van der Waals surface area contributed by atoms with E-state index in [0.29, 0.717) is 19.8 Å². The SMILES string of the molecule is CC(=CCl)CN1CCOCC1CC(=O)O. The molecule has 15 heavy (non-hydrogen) atoms. The summed E-state index contributed by atoms with van der Waals surface area (Å²) in [6, 6.07) is -0.0391. The second kappa shape index (κ2) is 6.10. The van der Waals surface area contributed by atoms with Crippen molar-refractivity contribution in [3.05, 3.63) is 11.1 Å². The van der Waals surface area contributed by atoms with Crippen LogP contribution in [0.2, 0.25) is 0 Å². The van der Waals surface area contributed by atoms with E-state index in [0.717, 1.165) is 12.1 Å². The van der Waals surface area contributed by atoms with Crippen LogP contribution in [0.5, 0.6) is 0 Å². The van der Waals surface area contributed by atoms with E-state index in [2.05, 4.69) is 4.90 Å². The summed E-state index contributed by atoms with van der Waals surface area (Å²) in [5.74, 6) is -0.789. The van der Waals surface area contributed by atoms with Crippen LogP contribution in [0.4, 0.5) is 0 Å². The Morgan fingerprint density at radius 1 is 1.73 bits per heavy atom. The van der Waals surface area contributed by atoms with Gasteiger partial charge in [0.05, 0.1) is 19.6 Å². The van der Waals surface area contributed by atoms with Crippen LogP contribution in [0.3, 0.4) is 0 Å². The maximum absolute atomic E-state index is 10.6. The molecule has 1 fully saturated rings. The van der Waals surface area contributed by atoms with Crippen molar-refractivity contribution in [3.8, 4) is 0 Å². The highest BCUT2D eigenvalue weighted by Gasteiger charge is 2.24. The number of hydrogen-bond donors (Lipinski definition) is 1. The van der Waals surface area contributed by atoms with Crippen molar-refractivity contribution in [2.45, 2.75) is 19.4 Å². The highest BCUT2D eigenvalue weighted by Crippen LogP contribution is 2.13. The van der Waals surface area contributed by atoms with E-state index < -0.39 is 5.97 Å². The summed E-state index contributed by atoms with van der Waals surface area (Å²) in [6.07, 6.45) is 0.121. The van der Waals surface area contributed by atoms with Gasteiger partial charge in [0, 0.05) is 24.7 Å². The van der Waals surface area contributed by atoms with Crippen molar-refractivity contribution in [1.29, 1.82) is 0 Å². The standard InChI is InChI=1S/C10H16ClNO3/c1-8(5-11)6-12-2-3-15-7-9(12)4-10(13)14/h5,9H,2-4,6-7H2,1H3,(H,13,14). The van der Waals surface area contributed by atoms with Crippen molar-refractivity contribution in [2.24, 2.45) is 0 Å². The Morgan fingerprint density at radius 2 is 2.47 bits per heavy atom. The fourth-order valence-electron chi connectivity index (χ4n) is 1.64. The number of rotatable bonds is 4. The van der Waals surface area contributed by atoms with Gasteiger partial charge < -0.3 is 9.84 Å². The fraction of sp³-hybridized carbons (Fsp3) is 0.700. The van der Waals surface area contributed by atoms with Crippen LogP contribution in [-0.2, 0) is 9.53 Å². The maximum atomic E-state index is 10.6. The van der Waals surface area contributed by atoms with Gasteiger partial charge in [0.2, 0.25) is 0 Å². The Labute approximate surface area is 94.5 Å². The number of carbonyl (C=O) groups is 1. The maximum Gasteiger partial charge on any atom is 0.305 e. The van der Waals surface area contributed by atoms with Gasteiger partial charge in [-0.3, -0.25) is 9.69 Å². The van der Waals surface area contributed by atoms with E-state index in [1.807, 2.05) is 6.92 Å². The van der Waals surface area contributed by atoms with Crippen LogP contribution < -0.4 is 0 Å². The van der Waals surface area contributed by atoms with Crippen LogP contribution in [0.15, 0.2) is 11.1 Å². The third-order valence-electron chi connectivity index (χ3n) is 2.40. The highest BCUT2D eigenvalue weighted by molar-refractivity contribution is 6.25. The van der Waals surface area contributed by atoms with E-state index in [9.17, 15) is 4.79 Å². The summed E-state index contributed by atoms with van der Waals surface area (Å²) in [7, 11) is 0. The molecule has 1 heterocycles. The molecule has 4 nitrogen and oxygen atoms in total. The van der Waals surface area contributed by atoms with Crippen molar-refractivity contribution in [3.63, 3.8) is 0 Å². The van der Waals surface area contributed by atoms with E-state index in [1.54, 1.807) is 0 Å². The average Bonchev–Trinajstić information content (AvgIpc) is 2.20. The second-order valence-electron chi connectivity index (χ2n) is 3.75. The summed E-state index contributed by atoms with van der Waals surface area (Å²) < 4.78 is 5.27. The monoisotopic (exact) mass is 233 g/mol. The lowest BCUT2D eigenvalue weighted by Gasteiger charge is -2.34.